The highest BCUT2D eigenvalue weighted by Crippen LogP contribution is 2.12. The molecule has 0 amide bonds. The fourth-order valence-electron chi connectivity index (χ4n) is 1.98. The van der Waals surface area contributed by atoms with Gasteiger partial charge in [0, 0.05) is 25.5 Å². The van der Waals surface area contributed by atoms with Crippen LogP contribution < -0.4 is 4.72 Å². The van der Waals surface area contributed by atoms with Crippen molar-refractivity contribution in [1.82, 2.24) is 9.29 Å². The minimum Gasteiger partial charge on any atom is -0.386 e. The second kappa shape index (κ2) is 6.38. The highest BCUT2D eigenvalue weighted by molar-refractivity contribution is 7.88. The van der Waals surface area contributed by atoms with Crippen LogP contribution in [0.3, 0.4) is 0 Å². The Balaban J connectivity index is 1.95. The monoisotopic (exact) mass is 312 g/mol. The standard InChI is InChI=1S/C14H17FN2O3S/c1-17-8-2-3-13(17)14(18)9-16-21(19,20)10-11-4-6-12(15)7-5-11/h2-8,14,16,18H,9-10H2,1H3. The first kappa shape index (κ1) is 15.7. The summed E-state index contributed by atoms with van der Waals surface area (Å²) in [4.78, 5) is 0. The first-order chi connectivity index (χ1) is 9.87. The molecule has 2 aromatic rings. The van der Waals surface area contributed by atoms with Gasteiger partial charge in [-0.05, 0) is 29.8 Å². The van der Waals surface area contributed by atoms with Crippen molar-refractivity contribution in [2.75, 3.05) is 6.54 Å². The zero-order chi connectivity index (χ0) is 15.5. The largest absolute Gasteiger partial charge is 0.386 e. The lowest BCUT2D eigenvalue weighted by molar-refractivity contribution is 0.173. The van der Waals surface area contributed by atoms with Gasteiger partial charge in [0.25, 0.3) is 0 Å². The van der Waals surface area contributed by atoms with Crippen molar-refractivity contribution in [3.63, 3.8) is 0 Å². The van der Waals surface area contributed by atoms with E-state index in [0.717, 1.165) is 0 Å². The van der Waals surface area contributed by atoms with Crippen molar-refractivity contribution in [3.8, 4) is 0 Å². The number of nitrogens with zero attached hydrogens (tertiary/aromatic N) is 1. The molecule has 0 aliphatic carbocycles. The maximum atomic E-state index is 12.8. The van der Waals surface area contributed by atoms with Gasteiger partial charge in [0.2, 0.25) is 10.0 Å². The van der Waals surface area contributed by atoms with Crippen molar-refractivity contribution in [1.29, 1.82) is 0 Å². The molecule has 1 unspecified atom stereocenters. The van der Waals surface area contributed by atoms with E-state index in [4.69, 9.17) is 0 Å². The maximum Gasteiger partial charge on any atom is 0.215 e. The number of halogens is 1. The third kappa shape index (κ3) is 4.38. The SMILES string of the molecule is Cn1cccc1C(O)CNS(=O)(=O)Cc1ccc(F)cc1. The van der Waals surface area contributed by atoms with Gasteiger partial charge >= 0.3 is 0 Å². The molecule has 0 fully saturated rings. The van der Waals surface area contributed by atoms with Gasteiger partial charge in [0.15, 0.2) is 0 Å². The van der Waals surface area contributed by atoms with Crippen LogP contribution in [0.15, 0.2) is 42.6 Å². The molecule has 1 aromatic carbocycles. The van der Waals surface area contributed by atoms with Crippen LogP contribution in [0.2, 0.25) is 0 Å². The van der Waals surface area contributed by atoms with Gasteiger partial charge in [0.1, 0.15) is 11.9 Å². The van der Waals surface area contributed by atoms with Crippen molar-refractivity contribution in [2.45, 2.75) is 11.9 Å². The predicted octanol–water partition coefficient (Wildman–Crippen LogP) is 1.32. The van der Waals surface area contributed by atoms with Crippen LogP contribution in [0.4, 0.5) is 4.39 Å². The normalized spacial score (nSPS) is 13.3. The first-order valence-corrected chi connectivity index (χ1v) is 8.04. The van der Waals surface area contributed by atoms with E-state index in [-0.39, 0.29) is 12.3 Å². The summed E-state index contributed by atoms with van der Waals surface area (Å²) in [6, 6.07) is 8.75. The van der Waals surface area contributed by atoms with Gasteiger partial charge < -0.3 is 9.67 Å². The molecular formula is C14H17FN2O3S. The van der Waals surface area contributed by atoms with Crippen LogP contribution in [0, 0.1) is 5.82 Å². The summed E-state index contributed by atoms with van der Waals surface area (Å²) in [5, 5.41) is 9.96. The van der Waals surface area contributed by atoms with Crippen LogP contribution in [-0.2, 0) is 22.8 Å². The molecule has 0 spiro atoms. The molecule has 1 atom stereocenters. The van der Waals surface area contributed by atoms with Gasteiger partial charge in [-0.2, -0.15) is 0 Å². The second-order valence-electron chi connectivity index (χ2n) is 4.79. The third-order valence-electron chi connectivity index (χ3n) is 3.09. The van der Waals surface area contributed by atoms with Gasteiger partial charge in [-0.3, -0.25) is 0 Å². The molecule has 1 aromatic heterocycles. The van der Waals surface area contributed by atoms with E-state index in [1.54, 1.807) is 29.9 Å². The Bertz CT molecular complexity index is 695. The molecule has 114 valence electrons. The van der Waals surface area contributed by atoms with Crippen molar-refractivity contribution in [2.24, 2.45) is 7.05 Å². The van der Waals surface area contributed by atoms with Gasteiger partial charge in [0.05, 0.1) is 5.75 Å². The number of hydrogen-bond donors (Lipinski definition) is 2. The van der Waals surface area contributed by atoms with Crippen LogP contribution in [0.5, 0.6) is 0 Å². The lowest BCUT2D eigenvalue weighted by Crippen LogP contribution is -2.30. The van der Waals surface area contributed by atoms with E-state index >= 15 is 0 Å². The molecule has 0 aliphatic heterocycles. The Morgan fingerprint density at radius 3 is 2.52 bits per heavy atom. The molecule has 2 N–H and O–H groups in total. The maximum absolute atomic E-state index is 12.8. The first-order valence-electron chi connectivity index (χ1n) is 6.38. The lowest BCUT2D eigenvalue weighted by atomic mass is 10.2. The Morgan fingerprint density at radius 2 is 1.95 bits per heavy atom. The molecule has 0 saturated carbocycles. The molecule has 0 aliphatic rings. The Kier molecular flexibility index (Phi) is 4.76. The van der Waals surface area contributed by atoms with E-state index in [1.807, 2.05) is 0 Å². The summed E-state index contributed by atoms with van der Waals surface area (Å²) in [6.07, 6.45) is 0.846. The molecule has 1 heterocycles. The van der Waals surface area contributed by atoms with E-state index < -0.39 is 21.9 Å². The number of hydrogen-bond acceptors (Lipinski definition) is 3. The summed E-state index contributed by atoms with van der Waals surface area (Å²) in [6.45, 7) is -0.110. The van der Waals surface area contributed by atoms with Crippen molar-refractivity contribution in [3.05, 3.63) is 59.7 Å². The molecule has 7 heteroatoms. The molecule has 0 radical (unpaired) electrons. The third-order valence-corrected chi connectivity index (χ3v) is 4.41. The topological polar surface area (TPSA) is 71.3 Å². The fourth-order valence-corrected chi connectivity index (χ4v) is 3.13. The fraction of sp³-hybridized carbons (Fsp3) is 0.286. The molecule has 0 bridgehead atoms. The average molecular weight is 312 g/mol. The van der Waals surface area contributed by atoms with E-state index in [1.165, 1.54) is 24.3 Å². The van der Waals surface area contributed by atoms with Gasteiger partial charge in [-0.1, -0.05) is 12.1 Å². The number of aryl methyl sites for hydroxylation is 1. The second-order valence-corrected chi connectivity index (χ2v) is 6.60. The van der Waals surface area contributed by atoms with E-state index in [0.29, 0.717) is 11.3 Å². The summed E-state index contributed by atoms with van der Waals surface area (Å²) in [7, 11) is -1.82. The number of nitrogens with one attached hydrogen (secondary N) is 1. The molecular weight excluding hydrogens is 295 g/mol. The zero-order valence-electron chi connectivity index (χ0n) is 11.5. The lowest BCUT2D eigenvalue weighted by Gasteiger charge is -2.13. The Labute approximate surface area is 123 Å². The highest BCUT2D eigenvalue weighted by Gasteiger charge is 2.16. The Morgan fingerprint density at radius 1 is 1.29 bits per heavy atom. The van der Waals surface area contributed by atoms with E-state index in [9.17, 15) is 17.9 Å². The quantitative estimate of drug-likeness (QED) is 0.845. The number of sulfonamides is 1. The molecule has 5 nitrogen and oxygen atoms in total. The Hall–Kier alpha value is -1.70. The summed E-state index contributed by atoms with van der Waals surface area (Å²) in [5.74, 6) is -0.670. The smallest absolute Gasteiger partial charge is 0.215 e. The predicted molar refractivity (Wildman–Crippen MR) is 77.4 cm³/mol. The average Bonchev–Trinajstić information content (AvgIpc) is 2.85. The molecule has 21 heavy (non-hydrogen) atoms. The highest BCUT2D eigenvalue weighted by atomic mass is 32.2. The van der Waals surface area contributed by atoms with Gasteiger partial charge in [-0.25, -0.2) is 17.5 Å². The minimum absolute atomic E-state index is 0.110. The number of aromatic nitrogens is 1. The summed E-state index contributed by atoms with van der Waals surface area (Å²) >= 11 is 0. The number of aliphatic hydroxyl groups is 1. The van der Waals surface area contributed by atoms with Crippen LogP contribution in [0.1, 0.15) is 17.4 Å². The number of aliphatic hydroxyl groups excluding tert-OH is 1. The van der Waals surface area contributed by atoms with Crippen LogP contribution >= 0.6 is 0 Å². The van der Waals surface area contributed by atoms with Crippen molar-refractivity contribution >= 4 is 10.0 Å². The van der Waals surface area contributed by atoms with E-state index in [2.05, 4.69) is 4.72 Å². The molecule has 0 saturated heterocycles. The van der Waals surface area contributed by atoms with Crippen molar-refractivity contribution < 1.29 is 17.9 Å². The van der Waals surface area contributed by atoms with Crippen LogP contribution in [0.25, 0.3) is 0 Å². The van der Waals surface area contributed by atoms with Crippen LogP contribution in [-0.4, -0.2) is 24.6 Å². The zero-order valence-corrected chi connectivity index (χ0v) is 12.3. The van der Waals surface area contributed by atoms with Gasteiger partial charge in [-0.15, -0.1) is 0 Å². The summed E-state index contributed by atoms with van der Waals surface area (Å²) in [5.41, 5.74) is 1.11. The number of benzene rings is 1. The number of rotatable bonds is 6. The minimum atomic E-state index is -3.59. The summed E-state index contributed by atoms with van der Waals surface area (Å²) < 4.78 is 40.7. The molecule has 2 rings (SSSR count).